The van der Waals surface area contributed by atoms with E-state index >= 15 is 0 Å². The molecule has 0 fully saturated rings. The lowest BCUT2D eigenvalue weighted by molar-refractivity contribution is -0.671. The Balaban J connectivity index is 0.000000465. The molecule has 3 aromatic rings. The normalized spacial score (nSPS) is 11.7. The van der Waals surface area contributed by atoms with Crippen molar-refractivity contribution in [3.63, 3.8) is 0 Å². The highest BCUT2D eigenvalue weighted by Crippen LogP contribution is 2.18. The summed E-state index contributed by atoms with van der Waals surface area (Å²) < 4.78 is 43.4. The van der Waals surface area contributed by atoms with Crippen LogP contribution in [0.3, 0.4) is 0 Å². The molecule has 0 unspecified atom stereocenters. The van der Waals surface area contributed by atoms with Gasteiger partial charge in [-0.2, -0.15) is 0 Å². The molecule has 0 radical (unpaired) electrons. The lowest BCUT2D eigenvalue weighted by Gasteiger charge is -2.21. The second kappa shape index (κ2) is 8.56. The summed E-state index contributed by atoms with van der Waals surface area (Å²) in [4.78, 5) is 0. The number of hydrogen-bond donors (Lipinski definition) is 0. The molecule has 2 aromatic carbocycles. The van der Waals surface area contributed by atoms with E-state index in [-0.39, 0.29) is 0 Å². The van der Waals surface area contributed by atoms with Gasteiger partial charge in [-0.3, -0.25) is 0 Å². The average Bonchev–Trinajstić information content (AvgIpc) is 2.98. The topological polar surface area (TPSA) is 8.81 Å². The van der Waals surface area contributed by atoms with E-state index in [1.165, 1.54) is 16.3 Å². The number of benzene rings is 2. The van der Waals surface area contributed by atoms with Gasteiger partial charge in [0.15, 0.2) is 0 Å². The molecule has 144 valence electrons. The molecule has 0 N–H and O–H groups in total. The highest BCUT2D eigenvalue weighted by atomic mass is 28.3. The Morgan fingerprint density at radius 3 is 1.89 bits per heavy atom. The monoisotopic (exact) mass is 394 g/mol. The largest absolute Gasteiger partial charge is 0.673 e. The van der Waals surface area contributed by atoms with Crippen molar-refractivity contribution in [1.82, 2.24) is 4.57 Å². The first-order chi connectivity index (χ1) is 12.5. The van der Waals surface area contributed by atoms with E-state index in [9.17, 15) is 17.3 Å². The Morgan fingerprint density at radius 2 is 1.41 bits per heavy atom. The van der Waals surface area contributed by atoms with Crippen LogP contribution in [0.15, 0.2) is 73.3 Å². The summed E-state index contributed by atoms with van der Waals surface area (Å²) in [5.41, 5.74) is 2.58. The summed E-state index contributed by atoms with van der Waals surface area (Å²) >= 11 is 0. The molecule has 0 atom stereocenters. The van der Waals surface area contributed by atoms with Gasteiger partial charge >= 0.3 is 7.25 Å². The molecule has 3 rings (SSSR count). The third-order valence-electron chi connectivity index (χ3n) is 4.18. The quantitative estimate of drug-likeness (QED) is 0.352. The number of hydrogen-bond acceptors (Lipinski definition) is 0. The Kier molecular flexibility index (Phi) is 6.64. The first-order valence-electron chi connectivity index (χ1n) is 8.59. The molecule has 8 heteroatoms. The zero-order valence-electron chi connectivity index (χ0n) is 15.6. The number of aryl methyl sites for hydroxylation is 1. The molecular formula is C19H23BF4N2Si. The third-order valence-corrected chi connectivity index (χ3v) is 7.23. The summed E-state index contributed by atoms with van der Waals surface area (Å²) in [5, 5.41) is 1.50. The second-order valence-corrected chi connectivity index (χ2v) is 11.7. The Bertz CT molecular complexity index is 840. The van der Waals surface area contributed by atoms with Gasteiger partial charge in [0.2, 0.25) is 6.33 Å². The van der Waals surface area contributed by atoms with Gasteiger partial charge in [0.05, 0.1) is 13.2 Å². The summed E-state index contributed by atoms with van der Waals surface area (Å²) in [5.74, 6) is 0. The maximum Gasteiger partial charge on any atom is 0.673 e. The number of aromatic nitrogens is 2. The predicted molar refractivity (Wildman–Crippen MR) is 105 cm³/mol. The molecule has 0 aliphatic rings. The van der Waals surface area contributed by atoms with E-state index in [1.807, 2.05) is 0 Å². The standard InChI is InChI=1S/C19H23N2Si.BF4/c1-20-13-14-21(15-20)16-22(2,3)19-11-9-18(10-12-19)17-7-5-4-6-8-17;2-1(3,4)5/h4-15H,16H2,1-3H3;/q+1;-1. The van der Waals surface area contributed by atoms with Gasteiger partial charge in [-0.1, -0.05) is 72.9 Å². The van der Waals surface area contributed by atoms with Crippen molar-refractivity contribution in [3.05, 3.63) is 73.3 Å². The lowest BCUT2D eigenvalue weighted by atomic mass is 10.1. The minimum atomic E-state index is -6.00. The molecule has 0 saturated heterocycles. The van der Waals surface area contributed by atoms with Gasteiger partial charge in [0.25, 0.3) is 0 Å². The van der Waals surface area contributed by atoms with E-state index in [4.69, 9.17) is 0 Å². The Hall–Kier alpha value is -2.35. The summed E-state index contributed by atoms with van der Waals surface area (Å²) in [6.07, 6.45) is 7.53. The fourth-order valence-electron chi connectivity index (χ4n) is 2.89. The van der Waals surface area contributed by atoms with Crippen LogP contribution in [-0.4, -0.2) is 19.9 Å². The van der Waals surface area contributed by atoms with E-state index < -0.39 is 15.3 Å². The predicted octanol–water partition coefficient (Wildman–Crippen LogP) is 4.43. The molecule has 0 amide bonds. The SMILES string of the molecule is C[n+]1ccn(C[Si](C)(C)c2ccc(-c3ccccc3)cc2)c1.F[B-](F)(F)F. The molecular weight excluding hydrogens is 371 g/mol. The zero-order chi connectivity index (χ0) is 20.1. The summed E-state index contributed by atoms with van der Waals surface area (Å²) in [7, 11) is -5.41. The van der Waals surface area contributed by atoms with Crippen LogP contribution in [0.2, 0.25) is 13.1 Å². The first-order valence-corrected chi connectivity index (χ1v) is 11.8. The molecule has 1 heterocycles. The Labute approximate surface area is 158 Å². The molecule has 0 saturated carbocycles. The Morgan fingerprint density at radius 1 is 0.889 bits per heavy atom. The zero-order valence-corrected chi connectivity index (χ0v) is 16.6. The van der Waals surface area contributed by atoms with E-state index in [1.54, 1.807) is 0 Å². The van der Waals surface area contributed by atoms with Crippen LogP contribution in [0.1, 0.15) is 0 Å². The van der Waals surface area contributed by atoms with Crippen LogP contribution in [-0.2, 0) is 13.2 Å². The van der Waals surface area contributed by atoms with Crippen molar-refractivity contribution < 1.29 is 21.8 Å². The molecule has 27 heavy (non-hydrogen) atoms. The number of nitrogens with zero attached hydrogens (tertiary/aromatic N) is 2. The smallest absolute Gasteiger partial charge is 0.418 e. The molecule has 2 nitrogen and oxygen atoms in total. The summed E-state index contributed by atoms with van der Waals surface area (Å²) in [6.45, 7) is 4.87. The van der Waals surface area contributed by atoms with E-state index in [0.29, 0.717) is 0 Å². The van der Waals surface area contributed by atoms with Crippen molar-refractivity contribution in [3.8, 4) is 11.1 Å². The van der Waals surface area contributed by atoms with E-state index in [0.717, 1.165) is 6.17 Å². The first kappa shape index (κ1) is 21.0. The van der Waals surface area contributed by atoms with Gasteiger partial charge in [0, 0.05) is 0 Å². The molecule has 0 aliphatic carbocycles. The number of rotatable bonds is 4. The lowest BCUT2D eigenvalue weighted by Crippen LogP contribution is -2.45. The molecule has 0 aliphatic heterocycles. The number of imidazole rings is 1. The van der Waals surface area contributed by atoms with Crippen molar-refractivity contribution in [2.45, 2.75) is 19.3 Å². The van der Waals surface area contributed by atoms with Gasteiger partial charge in [-0.15, -0.1) is 0 Å². The van der Waals surface area contributed by atoms with Crippen molar-refractivity contribution in [2.24, 2.45) is 7.05 Å². The third kappa shape index (κ3) is 7.05. The molecule has 1 aromatic heterocycles. The molecule has 0 spiro atoms. The highest BCUT2D eigenvalue weighted by molar-refractivity contribution is 6.88. The number of halogens is 4. The van der Waals surface area contributed by atoms with Gasteiger partial charge in [-0.05, 0) is 11.1 Å². The fourth-order valence-corrected chi connectivity index (χ4v) is 5.24. The average molecular weight is 394 g/mol. The van der Waals surface area contributed by atoms with Crippen molar-refractivity contribution >= 4 is 20.5 Å². The van der Waals surface area contributed by atoms with Crippen LogP contribution >= 0.6 is 0 Å². The van der Waals surface area contributed by atoms with Crippen LogP contribution in [0.5, 0.6) is 0 Å². The second-order valence-electron chi connectivity index (χ2n) is 7.07. The maximum absolute atomic E-state index is 9.75. The van der Waals surface area contributed by atoms with Crippen molar-refractivity contribution in [1.29, 1.82) is 0 Å². The minimum absolute atomic E-state index is 1.11. The van der Waals surface area contributed by atoms with Gasteiger partial charge in [-0.25, -0.2) is 9.13 Å². The van der Waals surface area contributed by atoms with Crippen LogP contribution in [0, 0.1) is 0 Å². The van der Waals surface area contributed by atoms with E-state index in [2.05, 4.69) is 103 Å². The van der Waals surface area contributed by atoms with Crippen molar-refractivity contribution in [2.75, 3.05) is 0 Å². The maximum atomic E-state index is 9.75. The van der Waals surface area contributed by atoms with Gasteiger partial charge < -0.3 is 17.3 Å². The minimum Gasteiger partial charge on any atom is -0.418 e. The fraction of sp³-hybridized carbons (Fsp3) is 0.211. The summed E-state index contributed by atoms with van der Waals surface area (Å²) in [6, 6.07) is 19.7. The molecule has 0 bridgehead atoms. The van der Waals surface area contributed by atoms with Crippen LogP contribution in [0.4, 0.5) is 17.3 Å². The van der Waals surface area contributed by atoms with Crippen LogP contribution in [0.25, 0.3) is 11.1 Å². The van der Waals surface area contributed by atoms with Gasteiger partial charge in [0.1, 0.15) is 20.5 Å². The highest BCUT2D eigenvalue weighted by Gasteiger charge is 2.27. The van der Waals surface area contributed by atoms with Crippen LogP contribution < -0.4 is 9.75 Å².